The van der Waals surface area contributed by atoms with Gasteiger partial charge in [0.05, 0.1) is 11.8 Å². The molecule has 3 N–H and O–H groups in total. The molecule has 7 nitrogen and oxygen atoms in total. The van der Waals surface area contributed by atoms with Gasteiger partial charge in [0.25, 0.3) is 5.91 Å². The number of nitrogens with zero attached hydrogens (tertiary/aromatic N) is 4. The second-order valence-electron chi connectivity index (χ2n) is 3.86. The normalized spacial score (nSPS) is 10.4. The van der Waals surface area contributed by atoms with Gasteiger partial charge in [0.2, 0.25) is 0 Å². The molecular formula is C11H13BrN6O. The Morgan fingerprint density at radius 2 is 2.37 bits per heavy atom. The quantitative estimate of drug-likeness (QED) is 0.794. The van der Waals surface area contributed by atoms with E-state index in [4.69, 9.17) is 5.73 Å². The van der Waals surface area contributed by atoms with Crippen LogP contribution in [0.25, 0.3) is 0 Å². The molecule has 0 spiro atoms. The highest BCUT2D eigenvalue weighted by molar-refractivity contribution is 9.10. The van der Waals surface area contributed by atoms with Crippen LogP contribution in [0.3, 0.4) is 0 Å². The third-order valence-corrected chi connectivity index (χ3v) is 2.88. The smallest absolute Gasteiger partial charge is 0.255 e. The van der Waals surface area contributed by atoms with E-state index in [1.165, 1.54) is 0 Å². The highest BCUT2D eigenvalue weighted by Crippen LogP contribution is 2.15. The van der Waals surface area contributed by atoms with Gasteiger partial charge in [-0.25, -0.2) is 4.98 Å². The summed E-state index contributed by atoms with van der Waals surface area (Å²) < 4.78 is 2.43. The largest absolute Gasteiger partial charge is 0.383 e. The molecule has 0 aliphatic rings. The molecule has 2 aromatic rings. The number of nitrogens with two attached hydrogens (primary N) is 1. The van der Waals surface area contributed by atoms with E-state index >= 15 is 0 Å². The molecule has 2 aromatic heterocycles. The highest BCUT2D eigenvalue weighted by atomic mass is 79.9. The van der Waals surface area contributed by atoms with Crippen molar-refractivity contribution in [3.05, 3.63) is 34.7 Å². The number of pyridine rings is 1. The predicted molar refractivity (Wildman–Crippen MR) is 73.3 cm³/mol. The first-order chi connectivity index (χ1) is 9.16. The molecule has 0 fully saturated rings. The molecule has 0 unspecified atom stereocenters. The van der Waals surface area contributed by atoms with E-state index in [1.54, 1.807) is 29.3 Å². The van der Waals surface area contributed by atoms with Gasteiger partial charge in [-0.15, -0.1) is 5.10 Å². The van der Waals surface area contributed by atoms with Crippen molar-refractivity contribution in [2.24, 2.45) is 0 Å². The van der Waals surface area contributed by atoms with E-state index in [-0.39, 0.29) is 11.7 Å². The summed E-state index contributed by atoms with van der Waals surface area (Å²) in [6, 6.07) is 1.65. The maximum Gasteiger partial charge on any atom is 0.255 e. The van der Waals surface area contributed by atoms with Gasteiger partial charge in [-0.1, -0.05) is 5.21 Å². The lowest BCUT2D eigenvalue weighted by molar-refractivity contribution is 0.0953. The van der Waals surface area contributed by atoms with Crippen molar-refractivity contribution < 1.29 is 4.79 Å². The second-order valence-corrected chi connectivity index (χ2v) is 4.78. The molecule has 0 aliphatic heterocycles. The zero-order chi connectivity index (χ0) is 13.7. The minimum Gasteiger partial charge on any atom is -0.383 e. The number of aromatic nitrogens is 4. The lowest BCUT2D eigenvalue weighted by Gasteiger charge is -2.07. The zero-order valence-electron chi connectivity index (χ0n) is 10.1. The molecule has 0 saturated heterocycles. The standard InChI is InChI=1S/C11H13BrN6O/c12-8-6-9(10(13)15-7-8)11(19)14-2-1-4-18-5-3-16-17-18/h3,5-7H,1-2,4H2,(H2,13,15)(H,14,19). The molecule has 0 radical (unpaired) electrons. The van der Waals surface area contributed by atoms with Crippen LogP contribution in [-0.2, 0) is 6.54 Å². The summed E-state index contributed by atoms with van der Waals surface area (Å²) in [5.74, 6) is -0.0122. The number of aryl methyl sites for hydroxylation is 1. The number of hydrogen-bond acceptors (Lipinski definition) is 5. The van der Waals surface area contributed by atoms with Crippen molar-refractivity contribution in [2.45, 2.75) is 13.0 Å². The molecule has 19 heavy (non-hydrogen) atoms. The maximum absolute atomic E-state index is 11.9. The monoisotopic (exact) mass is 324 g/mol. The van der Waals surface area contributed by atoms with E-state index in [0.29, 0.717) is 18.7 Å². The molecule has 8 heteroatoms. The van der Waals surface area contributed by atoms with Crippen LogP contribution in [0.4, 0.5) is 5.82 Å². The molecule has 1 amide bonds. The van der Waals surface area contributed by atoms with Crippen LogP contribution in [0, 0.1) is 0 Å². The van der Waals surface area contributed by atoms with Gasteiger partial charge in [0, 0.05) is 30.0 Å². The minimum atomic E-state index is -0.232. The number of rotatable bonds is 5. The van der Waals surface area contributed by atoms with E-state index in [2.05, 4.69) is 36.5 Å². The van der Waals surface area contributed by atoms with Gasteiger partial charge in [0.15, 0.2) is 0 Å². The third kappa shape index (κ3) is 3.75. The second kappa shape index (κ2) is 6.28. The zero-order valence-corrected chi connectivity index (χ0v) is 11.7. The molecule has 0 aliphatic carbocycles. The van der Waals surface area contributed by atoms with Crippen molar-refractivity contribution in [1.29, 1.82) is 0 Å². The summed E-state index contributed by atoms with van der Waals surface area (Å²) in [5.41, 5.74) is 6.03. The van der Waals surface area contributed by atoms with Crippen LogP contribution < -0.4 is 11.1 Å². The molecule has 2 heterocycles. The molecule has 0 saturated carbocycles. The summed E-state index contributed by atoms with van der Waals surface area (Å²) in [5, 5.41) is 10.3. The Bertz CT molecular complexity index is 556. The number of amides is 1. The number of hydrogen-bond donors (Lipinski definition) is 2. The fourth-order valence-corrected chi connectivity index (χ4v) is 1.85. The van der Waals surface area contributed by atoms with E-state index in [0.717, 1.165) is 10.9 Å². The number of carbonyl (C=O) groups is 1. The predicted octanol–water partition coefficient (Wildman–Crippen LogP) is 0.838. The third-order valence-electron chi connectivity index (χ3n) is 2.45. The van der Waals surface area contributed by atoms with Crippen molar-refractivity contribution in [3.8, 4) is 0 Å². The average Bonchev–Trinajstić information content (AvgIpc) is 2.90. The molecule has 100 valence electrons. The highest BCUT2D eigenvalue weighted by Gasteiger charge is 2.10. The van der Waals surface area contributed by atoms with Crippen molar-refractivity contribution in [3.63, 3.8) is 0 Å². The number of nitrogens with one attached hydrogen (secondary N) is 1. The first kappa shape index (κ1) is 13.5. The van der Waals surface area contributed by atoms with E-state index < -0.39 is 0 Å². The Morgan fingerprint density at radius 3 is 3.11 bits per heavy atom. The molecule has 2 rings (SSSR count). The van der Waals surface area contributed by atoms with Crippen molar-refractivity contribution in [2.75, 3.05) is 12.3 Å². The topological polar surface area (TPSA) is 98.7 Å². The van der Waals surface area contributed by atoms with Gasteiger partial charge < -0.3 is 11.1 Å². The van der Waals surface area contributed by atoms with Crippen LogP contribution >= 0.6 is 15.9 Å². The average molecular weight is 325 g/mol. The number of anilines is 1. The lowest BCUT2D eigenvalue weighted by Crippen LogP contribution is -2.26. The Labute approximate surface area is 118 Å². The van der Waals surface area contributed by atoms with Gasteiger partial charge >= 0.3 is 0 Å². The van der Waals surface area contributed by atoms with Crippen LogP contribution in [0.5, 0.6) is 0 Å². The van der Waals surface area contributed by atoms with Crippen LogP contribution in [0.15, 0.2) is 29.1 Å². The Hall–Kier alpha value is -1.96. The number of nitrogen functional groups attached to an aromatic ring is 1. The van der Waals surface area contributed by atoms with Crippen LogP contribution in [0.2, 0.25) is 0 Å². The molecule has 0 bridgehead atoms. The first-order valence-corrected chi connectivity index (χ1v) is 6.49. The number of halogens is 1. The molecular weight excluding hydrogens is 312 g/mol. The summed E-state index contributed by atoms with van der Waals surface area (Å²) >= 11 is 3.26. The number of carbonyl (C=O) groups excluding carboxylic acids is 1. The fraction of sp³-hybridized carbons (Fsp3) is 0.273. The summed E-state index contributed by atoms with van der Waals surface area (Å²) in [6.07, 6.45) is 5.71. The Kier molecular flexibility index (Phi) is 4.45. The molecule has 0 aromatic carbocycles. The maximum atomic E-state index is 11.9. The van der Waals surface area contributed by atoms with Gasteiger partial charge in [-0.05, 0) is 28.4 Å². The van der Waals surface area contributed by atoms with E-state index in [1.807, 2.05) is 0 Å². The Morgan fingerprint density at radius 1 is 1.53 bits per heavy atom. The summed E-state index contributed by atoms with van der Waals surface area (Å²) in [6.45, 7) is 1.23. The van der Waals surface area contributed by atoms with Crippen molar-refractivity contribution in [1.82, 2.24) is 25.3 Å². The summed E-state index contributed by atoms with van der Waals surface area (Å²) in [7, 11) is 0. The lowest BCUT2D eigenvalue weighted by atomic mass is 10.2. The minimum absolute atomic E-state index is 0.219. The fourth-order valence-electron chi connectivity index (χ4n) is 1.52. The van der Waals surface area contributed by atoms with E-state index in [9.17, 15) is 4.79 Å². The van der Waals surface area contributed by atoms with Crippen molar-refractivity contribution >= 4 is 27.7 Å². The van der Waals surface area contributed by atoms with Gasteiger partial charge in [0.1, 0.15) is 5.82 Å². The van der Waals surface area contributed by atoms with Crippen LogP contribution in [-0.4, -0.2) is 32.4 Å². The SMILES string of the molecule is Nc1ncc(Br)cc1C(=O)NCCCn1ccnn1. The van der Waals surface area contributed by atoms with Gasteiger partial charge in [-0.3, -0.25) is 9.48 Å². The van der Waals surface area contributed by atoms with Gasteiger partial charge in [-0.2, -0.15) is 0 Å². The van der Waals surface area contributed by atoms with Crippen LogP contribution in [0.1, 0.15) is 16.8 Å². The summed E-state index contributed by atoms with van der Waals surface area (Å²) in [4.78, 5) is 15.8. The first-order valence-electron chi connectivity index (χ1n) is 5.70. The Balaban J connectivity index is 1.82. The molecule has 0 atom stereocenters.